The fraction of sp³-hybridized carbons (Fsp3) is 0.100. The van der Waals surface area contributed by atoms with E-state index in [1.54, 1.807) is 36.4 Å². The molecule has 74 valence electrons. The normalized spacial score (nSPS) is 9.60. The highest BCUT2D eigenvalue weighted by Gasteiger charge is 2.04. The number of aromatic nitrogens is 3. The molecule has 0 atom stereocenters. The lowest BCUT2D eigenvalue weighted by Gasteiger charge is -2.02. The van der Waals surface area contributed by atoms with Gasteiger partial charge < -0.3 is 4.74 Å². The second-order valence-electron chi connectivity index (χ2n) is 2.94. The summed E-state index contributed by atoms with van der Waals surface area (Å²) in [5.41, 5.74) is 0.453. The van der Waals surface area contributed by atoms with Gasteiger partial charge in [0.1, 0.15) is 6.07 Å². The van der Waals surface area contributed by atoms with E-state index in [1.807, 2.05) is 6.07 Å². The predicted molar refractivity (Wildman–Crippen MR) is 52.2 cm³/mol. The average Bonchev–Trinajstić information content (AvgIpc) is 2.65. The lowest BCUT2D eigenvalue weighted by molar-refractivity contribution is 0.478. The Labute approximate surface area is 86.6 Å². The molecule has 2 aromatic heterocycles. The Morgan fingerprint density at radius 3 is 3.00 bits per heavy atom. The maximum Gasteiger partial charge on any atom is 0.165 e. The van der Waals surface area contributed by atoms with E-state index in [2.05, 4.69) is 10.1 Å². The van der Waals surface area contributed by atoms with Crippen molar-refractivity contribution in [1.82, 2.24) is 14.8 Å². The SMILES string of the molecule is Cn1cc(Oc2cnccc2C#N)cn1. The van der Waals surface area contributed by atoms with Crippen LogP contribution in [0.15, 0.2) is 30.9 Å². The minimum Gasteiger partial charge on any atom is -0.451 e. The van der Waals surface area contributed by atoms with E-state index >= 15 is 0 Å². The van der Waals surface area contributed by atoms with E-state index in [-0.39, 0.29) is 0 Å². The molecule has 0 aliphatic carbocycles. The summed E-state index contributed by atoms with van der Waals surface area (Å²) in [7, 11) is 1.79. The molecular formula is C10H8N4O. The predicted octanol–water partition coefficient (Wildman–Crippen LogP) is 1.48. The first kappa shape index (κ1) is 9.21. The molecule has 15 heavy (non-hydrogen) atoms. The van der Waals surface area contributed by atoms with Crippen molar-refractivity contribution in [1.29, 1.82) is 5.26 Å². The third-order valence-electron chi connectivity index (χ3n) is 1.81. The van der Waals surface area contributed by atoms with Crippen LogP contribution in [-0.2, 0) is 7.05 Å². The van der Waals surface area contributed by atoms with Crippen LogP contribution in [-0.4, -0.2) is 14.8 Å². The largest absolute Gasteiger partial charge is 0.451 e. The van der Waals surface area contributed by atoms with Crippen LogP contribution < -0.4 is 4.74 Å². The van der Waals surface area contributed by atoms with E-state index < -0.39 is 0 Å². The lowest BCUT2D eigenvalue weighted by atomic mass is 10.3. The molecule has 2 aromatic rings. The summed E-state index contributed by atoms with van der Waals surface area (Å²) in [5.74, 6) is 1.02. The van der Waals surface area contributed by atoms with E-state index in [1.165, 1.54) is 6.20 Å². The zero-order valence-electron chi connectivity index (χ0n) is 8.08. The Morgan fingerprint density at radius 2 is 2.33 bits per heavy atom. The standard InChI is InChI=1S/C10H8N4O/c1-14-7-9(5-13-14)15-10-6-12-3-2-8(10)4-11/h2-3,5-7H,1H3. The number of rotatable bonds is 2. The van der Waals surface area contributed by atoms with Crippen molar-refractivity contribution in [2.24, 2.45) is 7.05 Å². The van der Waals surface area contributed by atoms with E-state index in [4.69, 9.17) is 10.00 Å². The number of nitriles is 1. The van der Waals surface area contributed by atoms with Gasteiger partial charge in [0.2, 0.25) is 0 Å². The van der Waals surface area contributed by atoms with E-state index in [0.29, 0.717) is 17.1 Å². The molecular weight excluding hydrogens is 192 g/mol. The highest BCUT2D eigenvalue weighted by molar-refractivity contribution is 5.42. The smallest absolute Gasteiger partial charge is 0.165 e. The van der Waals surface area contributed by atoms with Crippen molar-refractivity contribution in [2.45, 2.75) is 0 Å². The molecule has 0 saturated heterocycles. The third-order valence-corrected chi connectivity index (χ3v) is 1.81. The van der Waals surface area contributed by atoms with Crippen LogP contribution in [0.4, 0.5) is 0 Å². The molecule has 0 N–H and O–H groups in total. The van der Waals surface area contributed by atoms with Crippen molar-refractivity contribution < 1.29 is 4.74 Å². The average molecular weight is 200 g/mol. The van der Waals surface area contributed by atoms with Gasteiger partial charge in [0, 0.05) is 13.2 Å². The summed E-state index contributed by atoms with van der Waals surface area (Å²) in [4.78, 5) is 3.89. The first-order valence-corrected chi connectivity index (χ1v) is 4.30. The zero-order chi connectivity index (χ0) is 10.7. The molecule has 0 radical (unpaired) electrons. The highest BCUT2D eigenvalue weighted by atomic mass is 16.5. The number of hydrogen-bond donors (Lipinski definition) is 0. The summed E-state index contributed by atoms with van der Waals surface area (Å²) in [6, 6.07) is 3.63. The molecule has 2 heterocycles. The summed E-state index contributed by atoms with van der Waals surface area (Å²) < 4.78 is 7.08. The molecule has 0 spiro atoms. The first-order chi connectivity index (χ1) is 7.29. The first-order valence-electron chi connectivity index (χ1n) is 4.30. The van der Waals surface area contributed by atoms with Gasteiger partial charge in [-0.05, 0) is 6.07 Å². The second-order valence-corrected chi connectivity index (χ2v) is 2.94. The zero-order valence-corrected chi connectivity index (χ0v) is 8.08. The molecule has 0 amide bonds. The van der Waals surface area contributed by atoms with Crippen molar-refractivity contribution in [3.63, 3.8) is 0 Å². The van der Waals surface area contributed by atoms with E-state index in [9.17, 15) is 0 Å². The van der Waals surface area contributed by atoms with Crippen LogP contribution in [0, 0.1) is 11.3 Å². The van der Waals surface area contributed by atoms with Gasteiger partial charge >= 0.3 is 0 Å². The summed E-state index contributed by atoms with van der Waals surface area (Å²) in [6.07, 6.45) is 6.35. The molecule has 0 aliphatic heterocycles. The van der Waals surface area contributed by atoms with Gasteiger partial charge in [-0.15, -0.1) is 0 Å². The molecule has 2 rings (SSSR count). The van der Waals surface area contributed by atoms with Crippen LogP contribution >= 0.6 is 0 Å². The molecule has 0 fully saturated rings. The Morgan fingerprint density at radius 1 is 1.47 bits per heavy atom. The minimum atomic E-state index is 0.438. The monoisotopic (exact) mass is 200 g/mol. The van der Waals surface area contributed by atoms with Crippen LogP contribution in [0.3, 0.4) is 0 Å². The van der Waals surface area contributed by atoms with Crippen molar-refractivity contribution in [2.75, 3.05) is 0 Å². The molecule has 0 bridgehead atoms. The van der Waals surface area contributed by atoms with Gasteiger partial charge in [-0.2, -0.15) is 10.4 Å². The molecule has 0 aromatic carbocycles. The topological polar surface area (TPSA) is 63.7 Å². The number of aryl methyl sites for hydroxylation is 1. The van der Waals surface area contributed by atoms with Gasteiger partial charge in [-0.25, -0.2) is 0 Å². The van der Waals surface area contributed by atoms with Gasteiger partial charge in [0.05, 0.1) is 24.2 Å². The number of ether oxygens (including phenoxy) is 1. The van der Waals surface area contributed by atoms with Gasteiger partial charge in [0.15, 0.2) is 11.5 Å². The van der Waals surface area contributed by atoms with Crippen LogP contribution in [0.25, 0.3) is 0 Å². The molecule has 0 aliphatic rings. The summed E-state index contributed by atoms with van der Waals surface area (Å²) in [6.45, 7) is 0. The summed E-state index contributed by atoms with van der Waals surface area (Å²) in [5, 5.41) is 12.8. The quantitative estimate of drug-likeness (QED) is 0.736. The fourth-order valence-electron chi connectivity index (χ4n) is 1.13. The van der Waals surface area contributed by atoms with Crippen LogP contribution in [0.5, 0.6) is 11.5 Å². The van der Waals surface area contributed by atoms with Crippen molar-refractivity contribution in [3.8, 4) is 17.6 Å². The maximum atomic E-state index is 8.82. The molecule has 5 heteroatoms. The van der Waals surface area contributed by atoms with Gasteiger partial charge in [-0.1, -0.05) is 0 Å². The van der Waals surface area contributed by atoms with Crippen LogP contribution in [0.1, 0.15) is 5.56 Å². The minimum absolute atomic E-state index is 0.438. The molecule has 0 saturated carbocycles. The maximum absolute atomic E-state index is 8.82. The summed E-state index contributed by atoms with van der Waals surface area (Å²) >= 11 is 0. The molecule has 5 nitrogen and oxygen atoms in total. The Bertz CT molecular complexity index is 512. The van der Waals surface area contributed by atoms with Crippen molar-refractivity contribution >= 4 is 0 Å². The third kappa shape index (κ3) is 1.94. The van der Waals surface area contributed by atoms with Crippen molar-refractivity contribution in [3.05, 3.63) is 36.4 Å². The Balaban J connectivity index is 2.28. The highest BCUT2D eigenvalue weighted by Crippen LogP contribution is 2.22. The number of pyridine rings is 1. The Hall–Kier alpha value is -2.35. The number of hydrogen-bond acceptors (Lipinski definition) is 4. The second kappa shape index (κ2) is 3.80. The van der Waals surface area contributed by atoms with Crippen LogP contribution in [0.2, 0.25) is 0 Å². The van der Waals surface area contributed by atoms with Gasteiger partial charge in [-0.3, -0.25) is 9.67 Å². The van der Waals surface area contributed by atoms with E-state index in [0.717, 1.165) is 0 Å². The lowest BCUT2D eigenvalue weighted by Crippen LogP contribution is -1.88. The fourth-order valence-corrected chi connectivity index (χ4v) is 1.13. The van der Waals surface area contributed by atoms with Gasteiger partial charge in [0.25, 0.3) is 0 Å². The Kier molecular flexibility index (Phi) is 2.33. The number of nitrogens with zero attached hydrogens (tertiary/aromatic N) is 4. The molecule has 0 unspecified atom stereocenters.